The van der Waals surface area contributed by atoms with Gasteiger partial charge in [0.25, 0.3) is 0 Å². The molecule has 4 heteroatoms. The highest BCUT2D eigenvalue weighted by atomic mass is 16.5. The molecule has 0 atom stereocenters. The predicted molar refractivity (Wildman–Crippen MR) is 47.8 cm³/mol. The van der Waals surface area contributed by atoms with Crippen LogP contribution in [0.15, 0.2) is 0 Å². The molecule has 70 valence electrons. The topological polar surface area (TPSA) is 50.8 Å². The quantitative estimate of drug-likeness (QED) is 0.752. The summed E-state index contributed by atoms with van der Waals surface area (Å²) in [4.78, 5) is 0. The van der Waals surface area contributed by atoms with E-state index in [0.717, 1.165) is 11.4 Å². The van der Waals surface area contributed by atoms with Crippen LogP contribution in [-0.4, -0.2) is 22.0 Å². The third-order valence-electron chi connectivity index (χ3n) is 1.26. The molecule has 1 heterocycles. The summed E-state index contributed by atoms with van der Waals surface area (Å²) in [7, 11) is 0. The third-order valence-corrected chi connectivity index (χ3v) is 1.26. The van der Waals surface area contributed by atoms with E-state index >= 15 is 0 Å². The molecular weight excluding hydrogens is 154 g/mol. The summed E-state index contributed by atoms with van der Waals surface area (Å²) in [5, 5.41) is 10.3. The summed E-state index contributed by atoms with van der Waals surface area (Å²) >= 11 is 0. The molecular formula is C8H17N3O. The van der Waals surface area contributed by atoms with E-state index in [-0.39, 0.29) is 0 Å². The summed E-state index contributed by atoms with van der Waals surface area (Å²) < 4.78 is 5.14. The lowest BCUT2D eigenvalue weighted by atomic mass is 10.4. The molecule has 0 unspecified atom stereocenters. The van der Waals surface area contributed by atoms with E-state index in [9.17, 15) is 0 Å². The van der Waals surface area contributed by atoms with E-state index in [1.807, 2.05) is 27.7 Å². The van der Waals surface area contributed by atoms with Crippen LogP contribution >= 0.6 is 0 Å². The largest absolute Gasteiger partial charge is 0.375 e. The number of rotatable bonds is 3. The molecule has 0 amide bonds. The van der Waals surface area contributed by atoms with Gasteiger partial charge in [0.1, 0.15) is 5.69 Å². The number of aromatic nitrogens is 3. The van der Waals surface area contributed by atoms with Gasteiger partial charge < -0.3 is 4.74 Å². The summed E-state index contributed by atoms with van der Waals surface area (Å²) in [6.45, 7) is 9.12. The summed E-state index contributed by atoms with van der Waals surface area (Å²) in [5.41, 5.74) is 1.80. The van der Waals surface area contributed by atoms with Crippen molar-refractivity contribution in [1.29, 1.82) is 0 Å². The Labute approximate surface area is 73.3 Å². The van der Waals surface area contributed by atoms with Crippen LogP contribution in [0, 0.1) is 6.92 Å². The van der Waals surface area contributed by atoms with E-state index < -0.39 is 0 Å². The molecule has 0 saturated carbocycles. The minimum Gasteiger partial charge on any atom is -0.375 e. The van der Waals surface area contributed by atoms with E-state index in [1.165, 1.54) is 0 Å². The van der Waals surface area contributed by atoms with Gasteiger partial charge >= 0.3 is 0 Å². The Balaban J connectivity index is 0.000000561. The van der Waals surface area contributed by atoms with Gasteiger partial charge in [0.2, 0.25) is 0 Å². The number of hydrogen-bond donors (Lipinski definition) is 1. The first-order chi connectivity index (χ1) is 5.84. The number of hydrogen-bond acceptors (Lipinski definition) is 3. The van der Waals surface area contributed by atoms with Crippen LogP contribution in [0.2, 0.25) is 0 Å². The first-order valence-corrected chi connectivity index (χ1v) is 4.28. The number of ether oxygens (including phenoxy) is 1. The van der Waals surface area contributed by atoms with E-state index in [4.69, 9.17) is 4.74 Å². The van der Waals surface area contributed by atoms with Crippen molar-refractivity contribution in [1.82, 2.24) is 15.4 Å². The van der Waals surface area contributed by atoms with Crippen molar-refractivity contribution in [3.63, 3.8) is 0 Å². The van der Waals surface area contributed by atoms with Gasteiger partial charge in [-0.3, -0.25) is 0 Å². The Morgan fingerprint density at radius 3 is 2.42 bits per heavy atom. The van der Waals surface area contributed by atoms with Gasteiger partial charge in [0, 0.05) is 6.61 Å². The van der Waals surface area contributed by atoms with Crippen LogP contribution in [0.3, 0.4) is 0 Å². The van der Waals surface area contributed by atoms with E-state index in [1.54, 1.807) is 0 Å². The van der Waals surface area contributed by atoms with Crippen molar-refractivity contribution in [2.24, 2.45) is 0 Å². The average Bonchev–Trinajstić information content (AvgIpc) is 2.51. The van der Waals surface area contributed by atoms with Crippen molar-refractivity contribution < 1.29 is 4.74 Å². The lowest BCUT2D eigenvalue weighted by molar-refractivity contribution is 0.131. The van der Waals surface area contributed by atoms with Gasteiger partial charge in [0.05, 0.1) is 12.3 Å². The second kappa shape index (κ2) is 6.79. The Bertz CT molecular complexity index is 198. The highest BCUT2D eigenvalue weighted by molar-refractivity contribution is 5.03. The number of aromatic amines is 1. The zero-order chi connectivity index (χ0) is 9.40. The Morgan fingerprint density at radius 2 is 2.00 bits per heavy atom. The average molecular weight is 171 g/mol. The number of H-pyrrole nitrogens is 1. The van der Waals surface area contributed by atoms with Gasteiger partial charge in [-0.25, -0.2) is 0 Å². The lowest BCUT2D eigenvalue weighted by Gasteiger charge is -1.95. The van der Waals surface area contributed by atoms with Gasteiger partial charge in [-0.15, -0.1) is 0 Å². The van der Waals surface area contributed by atoms with Crippen molar-refractivity contribution in [3.8, 4) is 0 Å². The first kappa shape index (κ1) is 11.1. The van der Waals surface area contributed by atoms with Crippen molar-refractivity contribution in [3.05, 3.63) is 11.4 Å². The van der Waals surface area contributed by atoms with Gasteiger partial charge in [0.15, 0.2) is 0 Å². The van der Waals surface area contributed by atoms with Crippen molar-refractivity contribution in [2.45, 2.75) is 34.3 Å². The number of nitrogens with zero attached hydrogens (tertiary/aromatic N) is 2. The number of nitrogens with one attached hydrogen (secondary N) is 1. The first-order valence-electron chi connectivity index (χ1n) is 4.28. The molecule has 0 saturated heterocycles. The van der Waals surface area contributed by atoms with Crippen LogP contribution in [0.5, 0.6) is 0 Å². The molecule has 1 N–H and O–H groups in total. The highest BCUT2D eigenvalue weighted by Gasteiger charge is 2.00. The summed E-state index contributed by atoms with van der Waals surface area (Å²) in [5.74, 6) is 0. The monoisotopic (exact) mass is 171 g/mol. The Kier molecular flexibility index (Phi) is 6.28. The summed E-state index contributed by atoms with van der Waals surface area (Å²) in [6.07, 6.45) is 0. The molecule has 12 heavy (non-hydrogen) atoms. The van der Waals surface area contributed by atoms with Crippen molar-refractivity contribution >= 4 is 0 Å². The predicted octanol–water partition coefficient (Wildman–Crippen LogP) is 1.68. The molecule has 0 bridgehead atoms. The Hall–Kier alpha value is -0.900. The second-order valence-corrected chi connectivity index (χ2v) is 1.99. The van der Waals surface area contributed by atoms with Crippen LogP contribution < -0.4 is 0 Å². The molecule has 4 nitrogen and oxygen atoms in total. The molecule has 0 aromatic carbocycles. The molecule has 1 aromatic heterocycles. The minimum atomic E-state index is 0.554. The van der Waals surface area contributed by atoms with E-state index in [0.29, 0.717) is 13.2 Å². The maximum atomic E-state index is 5.14. The van der Waals surface area contributed by atoms with Crippen LogP contribution in [-0.2, 0) is 11.3 Å². The highest BCUT2D eigenvalue weighted by Crippen LogP contribution is 1.99. The molecule has 0 aliphatic rings. The molecule has 1 aromatic rings. The van der Waals surface area contributed by atoms with Gasteiger partial charge in [-0.05, 0) is 13.8 Å². The fraction of sp³-hybridized carbons (Fsp3) is 0.750. The van der Waals surface area contributed by atoms with Crippen LogP contribution in [0.4, 0.5) is 0 Å². The van der Waals surface area contributed by atoms with Crippen molar-refractivity contribution in [2.75, 3.05) is 6.61 Å². The standard InChI is InChI=1S/C6H11N3O.C2H6/c1-3-10-4-6-5(2)7-9-8-6;1-2/h3-4H2,1-2H3,(H,7,8,9);1-2H3. The SMILES string of the molecule is CC.CCOCc1n[nH]nc1C. The third kappa shape index (κ3) is 3.48. The molecule has 0 radical (unpaired) electrons. The van der Waals surface area contributed by atoms with Crippen LogP contribution in [0.25, 0.3) is 0 Å². The van der Waals surface area contributed by atoms with Crippen LogP contribution in [0.1, 0.15) is 32.2 Å². The van der Waals surface area contributed by atoms with Gasteiger partial charge in [-0.1, -0.05) is 13.8 Å². The zero-order valence-corrected chi connectivity index (χ0v) is 8.22. The molecule has 0 aliphatic carbocycles. The molecule has 0 spiro atoms. The summed E-state index contributed by atoms with van der Waals surface area (Å²) in [6, 6.07) is 0. The van der Waals surface area contributed by atoms with E-state index in [2.05, 4.69) is 15.4 Å². The molecule has 0 fully saturated rings. The minimum absolute atomic E-state index is 0.554. The number of aryl methyl sites for hydroxylation is 1. The normalized spacial score (nSPS) is 9.00. The van der Waals surface area contributed by atoms with Gasteiger partial charge in [-0.2, -0.15) is 15.4 Å². The zero-order valence-electron chi connectivity index (χ0n) is 8.22. The lowest BCUT2D eigenvalue weighted by Crippen LogP contribution is -1.93. The Morgan fingerprint density at radius 1 is 1.33 bits per heavy atom. The maximum Gasteiger partial charge on any atom is 0.111 e. The molecule has 1 rings (SSSR count). The molecule has 0 aliphatic heterocycles. The second-order valence-electron chi connectivity index (χ2n) is 1.99. The maximum absolute atomic E-state index is 5.14. The smallest absolute Gasteiger partial charge is 0.111 e. The fourth-order valence-corrected chi connectivity index (χ4v) is 0.641. The fourth-order valence-electron chi connectivity index (χ4n) is 0.641.